The molecule has 0 aliphatic carbocycles. The van der Waals surface area contributed by atoms with Crippen LogP contribution in [0.3, 0.4) is 0 Å². The van der Waals surface area contributed by atoms with Crippen molar-refractivity contribution >= 4 is 17.4 Å². The van der Waals surface area contributed by atoms with Gasteiger partial charge >= 0.3 is 5.97 Å². The highest BCUT2D eigenvalue weighted by atomic mass is 16.4. The van der Waals surface area contributed by atoms with Gasteiger partial charge in [0.15, 0.2) is 5.78 Å². The van der Waals surface area contributed by atoms with Gasteiger partial charge in [0, 0.05) is 22.9 Å². The molecule has 2 aromatic carbocycles. The maximum absolute atomic E-state index is 12.1. The van der Waals surface area contributed by atoms with Gasteiger partial charge in [-0.05, 0) is 6.07 Å². The summed E-state index contributed by atoms with van der Waals surface area (Å²) in [6.07, 6.45) is 1.03. The minimum absolute atomic E-state index is 0.233. The van der Waals surface area contributed by atoms with Gasteiger partial charge in [0.2, 0.25) is 0 Å². The summed E-state index contributed by atoms with van der Waals surface area (Å²) in [4.78, 5) is 23.4. The number of aliphatic hydroxyl groups excluding tert-OH is 1. The van der Waals surface area contributed by atoms with Crippen molar-refractivity contribution in [2.45, 2.75) is 6.61 Å². The van der Waals surface area contributed by atoms with E-state index in [0.29, 0.717) is 16.8 Å². The Balaban J connectivity index is 2.29. The van der Waals surface area contributed by atoms with Crippen molar-refractivity contribution < 1.29 is 19.8 Å². The Labute approximate surface area is 127 Å². The number of carbonyl (C=O) groups excluding carboxylic acids is 1. The first-order valence-electron chi connectivity index (χ1n) is 6.62. The molecule has 22 heavy (non-hydrogen) atoms. The highest BCUT2D eigenvalue weighted by Crippen LogP contribution is 2.17. The van der Waals surface area contributed by atoms with Gasteiger partial charge < -0.3 is 15.5 Å². The number of benzene rings is 2. The Morgan fingerprint density at radius 1 is 1.00 bits per heavy atom. The number of carboxylic acids is 1. The van der Waals surface area contributed by atoms with E-state index in [4.69, 9.17) is 0 Å². The molecule has 0 spiro atoms. The molecule has 2 rings (SSSR count). The smallest absolute Gasteiger partial charge is 0.352 e. The molecule has 5 nitrogen and oxygen atoms in total. The molecule has 0 aliphatic rings. The number of allylic oxidation sites excluding steroid dienone is 1. The number of para-hydroxylation sites is 1. The maximum atomic E-state index is 12.1. The largest absolute Gasteiger partial charge is 0.477 e. The number of hydrogen-bond acceptors (Lipinski definition) is 4. The molecule has 0 saturated heterocycles. The summed E-state index contributed by atoms with van der Waals surface area (Å²) in [6.45, 7) is -0.233. The minimum Gasteiger partial charge on any atom is -0.477 e. The van der Waals surface area contributed by atoms with Crippen LogP contribution in [-0.4, -0.2) is 22.0 Å². The van der Waals surface area contributed by atoms with E-state index in [-0.39, 0.29) is 12.3 Å². The molecule has 0 bridgehead atoms. The van der Waals surface area contributed by atoms with Crippen LogP contribution in [0.5, 0.6) is 0 Å². The highest BCUT2D eigenvalue weighted by Gasteiger charge is 2.13. The van der Waals surface area contributed by atoms with Crippen LogP contribution in [0.4, 0.5) is 5.69 Å². The summed E-state index contributed by atoms with van der Waals surface area (Å²) < 4.78 is 0. The fraction of sp³-hybridized carbons (Fsp3) is 0.0588. The van der Waals surface area contributed by atoms with E-state index in [9.17, 15) is 19.8 Å². The number of aliphatic hydroxyl groups is 1. The molecule has 0 unspecified atom stereocenters. The van der Waals surface area contributed by atoms with Crippen LogP contribution in [0.1, 0.15) is 15.9 Å². The Morgan fingerprint density at radius 3 is 2.27 bits per heavy atom. The van der Waals surface area contributed by atoms with Crippen molar-refractivity contribution in [3.63, 3.8) is 0 Å². The van der Waals surface area contributed by atoms with E-state index in [1.165, 1.54) is 0 Å². The maximum Gasteiger partial charge on any atom is 0.352 e. The van der Waals surface area contributed by atoms with Crippen molar-refractivity contribution in [1.82, 2.24) is 0 Å². The zero-order valence-corrected chi connectivity index (χ0v) is 11.7. The minimum atomic E-state index is -1.25. The molecule has 2 aromatic rings. The molecule has 0 heterocycles. The van der Waals surface area contributed by atoms with E-state index in [1.807, 2.05) is 0 Å². The number of nitrogens with one attached hydrogen (secondary N) is 1. The third-order valence-electron chi connectivity index (χ3n) is 3.02. The summed E-state index contributed by atoms with van der Waals surface area (Å²) in [5, 5.41) is 21.2. The lowest BCUT2D eigenvalue weighted by Gasteiger charge is -2.10. The summed E-state index contributed by atoms with van der Waals surface area (Å²) in [6, 6.07) is 15.1. The van der Waals surface area contributed by atoms with Crippen LogP contribution < -0.4 is 5.32 Å². The average Bonchev–Trinajstić information content (AvgIpc) is 2.55. The number of ketones is 1. The second kappa shape index (κ2) is 7.19. The van der Waals surface area contributed by atoms with E-state index in [0.717, 1.165) is 6.08 Å². The van der Waals surface area contributed by atoms with Crippen LogP contribution in [0.2, 0.25) is 0 Å². The monoisotopic (exact) mass is 297 g/mol. The summed E-state index contributed by atoms with van der Waals surface area (Å²) in [5.74, 6) is -1.66. The predicted octanol–water partition coefficient (Wildman–Crippen LogP) is 2.44. The zero-order chi connectivity index (χ0) is 15.9. The number of anilines is 1. The van der Waals surface area contributed by atoms with Gasteiger partial charge in [-0.1, -0.05) is 48.5 Å². The van der Waals surface area contributed by atoms with Crippen molar-refractivity contribution in [3.05, 3.63) is 77.5 Å². The number of hydrogen-bond donors (Lipinski definition) is 3. The average molecular weight is 297 g/mol. The fourth-order valence-electron chi connectivity index (χ4n) is 1.89. The topological polar surface area (TPSA) is 86.6 Å². The third kappa shape index (κ3) is 3.80. The van der Waals surface area contributed by atoms with E-state index < -0.39 is 11.8 Å². The molecule has 5 heteroatoms. The summed E-state index contributed by atoms with van der Waals surface area (Å²) in [5.41, 5.74) is 1.13. The number of carbonyl (C=O) groups is 2. The molecule has 0 radical (unpaired) electrons. The van der Waals surface area contributed by atoms with Crippen LogP contribution in [0.25, 0.3) is 0 Å². The Morgan fingerprint density at radius 2 is 1.64 bits per heavy atom. The lowest BCUT2D eigenvalue weighted by atomic mass is 10.1. The second-order valence-corrected chi connectivity index (χ2v) is 4.53. The van der Waals surface area contributed by atoms with Crippen molar-refractivity contribution in [2.75, 3.05) is 5.32 Å². The van der Waals surface area contributed by atoms with Gasteiger partial charge in [0.05, 0.1) is 6.61 Å². The van der Waals surface area contributed by atoms with Crippen LogP contribution in [0.15, 0.2) is 66.4 Å². The number of aliphatic carboxylic acids is 1. The summed E-state index contributed by atoms with van der Waals surface area (Å²) >= 11 is 0. The molecule has 0 amide bonds. The molecule has 0 fully saturated rings. The van der Waals surface area contributed by atoms with Gasteiger partial charge in [0.25, 0.3) is 0 Å². The summed E-state index contributed by atoms with van der Waals surface area (Å²) in [7, 11) is 0. The van der Waals surface area contributed by atoms with E-state index in [1.54, 1.807) is 54.6 Å². The molecule has 0 aromatic heterocycles. The quantitative estimate of drug-likeness (QED) is 0.563. The van der Waals surface area contributed by atoms with Gasteiger partial charge in [-0.15, -0.1) is 0 Å². The van der Waals surface area contributed by atoms with E-state index in [2.05, 4.69) is 5.32 Å². The molecule has 0 saturated carbocycles. The van der Waals surface area contributed by atoms with Crippen molar-refractivity contribution in [1.29, 1.82) is 0 Å². The van der Waals surface area contributed by atoms with Crippen LogP contribution in [0, 0.1) is 0 Å². The van der Waals surface area contributed by atoms with Gasteiger partial charge in [-0.25, -0.2) is 4.79 Å². The first-order valence-corrected chi connectivity index (χ1v) is 6.62. The number of rotatable bonds is 6. The van der Waals surface area contributed by atoms with Crippen LogP contribution in [-0.2, 0) is 11.4 Å². The first-order chi connectivity index (χ1) is 10.6. The molecule has 112 valence electrons. The molecular weight excluding hydrogens is 282 g/mol. The third-order valence-corrected chi connectivity index (χ3v) is 3.02. The fourth-order valence-corrected chi connectivity index (χ4v) is 1.89. The lowest BCUT2D eigenvalue weighted by Crippen LogP contribution is -2.14. The van der Waals surface area contributed by atoms with Gasteiger partial charge in [0.1, 0.15) is 5.70 Å². The number of carboxylic acid groups (broad SMARTS) is 1. The van der Waals surface area contributed by atoms with Crippen LogP contribution >= 0.6 is 0 Å². The van der Waals surface area contributed by atoms with E-state index >= 15 is 0 Å². The molecule has 0 aliphatic heterocycles. The Kier molecular flexibility index (Phi) is 5.06. The SMILES string of the molecule is O=C(O)/C(=C/C(=O)c1ccccc1)Nc1ccccc1CO. The molecular formula is C17H15NO4. The highest BCUT2D eigenvalue weighted by molar-refractivity contribution is 6.09. The van der Waals surface area contributed by atoms with Crippen molar-refractivity contribution in [3.8, 4) is 0 Å². The van der Waals surface area contributed by atoms with Gasteiger partial charge in [-0.3, -0.25) is 4.79 Å². The van der Waals surface area contributed by atoms with Gasteiger partial charge in [-0.2, -0.15) is 0 Å². The zero-order valence-electron chi connectivity index (χ0n) is 11.7. The Hall–Kier alpha value is -2.92. The molecule has 0 atom stereocenters. The predicted molar refractivity (Wildman–Crippen MR) is 82.5 cm³/mol. The van der Waals surface area contributed by atoms with Crippen molar-refractivity contribution in [2.24, 2.45) is 0 Å². The standard InChI is InChI=1S/C17H15NO4/c19-11-13-8-4-5-9-14(13)18-15(17(21)22)10-16(20)12-6-2-1-3-7-12/h1-10,18-19H,11H2,(H,21,22)/b15-10-. The molecule has 3 N–H and O–H groups in total. The first kappa shape index (κ1) is 15.5. The normalized spacial score (nSPS) is 11.0. The lowest BCUT2D eigenvalue weighted by molar-refractivity contribution is -0.132. The Bertz CT molecular complexity index is 708. The second-order valence-electron chi connectivity index (χ2n) is 4.53.